The molecule has 0 spiro atoms. The lowest BCUT2D eigenvalue weighted by atomic mass is 9.82. The van der Waals surface area contributed by atoms with Gasteiger partial charge < -0.3 is 9.47 Å². The van der Waals surface area contributed by atoms with Gasteiger partial charge in [0, 0.05) is 30.9 Å². The number of pyridine rings is 1. The number of sulfonamides is 1. The molecule has 21 heteroatoms. The second-order valence-electron chi connectivity index (χ2n) is 10.0. The van der Waals surface area contributed by atoms with Crippen molar-refractivity contribution in [1.29, 1.82) is 0 Å². The monoisotopic (exact) mass is 759 g/mol. The van der Waals surface area contributed by atoms with Crippen LogP contribution < -0.4 is 19.5 Å². The minimum absolute atomic E-state index is 0.00216. The Bertz CT molecular complexity index is 2090. The Morgan fingerprint density at radius 2 is 1.53 bits per heavy atom. The first-order valence-corrected chi connectivity index (χ1v) is 19.3. The van der Waals surface area contributed by atoms with Crippen LogP contribution in [0.4, 0.5) is 10.7 Å². The van der Waals surface area contributed by atoms with Crippen LogP contribution in [0.1, 0.15) is 36.5 Å². The van der Waals surface area contributed by atoms with Gasteiger partial charge >= 0.3 is 6.03 Å². The predicted octanol–water partition coefficient (Wildman–Crippen LogP) is 2.06. The highest BCUT2D eigenvalue weighted by atomic mass is 35.5. The molecule has 1 fully saturated rings. The number of hydrogen-bond donors (Lipinski definition) is 2. The van der Waals surface area contributed by atoms with E-state index in [1.54, 1.807) is 4.72 Å². The molecule has 0 bridgehead atoms. The first kappa shape index (κ1) is 38.9. The van der Waals surface area contributed by atoms with Crippen molar-refractivity contribution in [2.45, 2.75) is 41.0 Å². The number of urea groups is 1. The highest BCUT2D eigenvalue weighted by Gasteiger charge is 2.37. The van der Waals surface area contributed by atoms with Crippen LogP contribution in [0.5, 0.6) is 11.8 Å². The lowest BCUT2D eigenvalue weighted by molar-refractivity contribution is -0.133. The molecule has 0 unspecified atom stereocenters. The Hall–Kier alpha value is -4.53. The number of amides is 2. The number of anilines is 1. The Morgan fingerprint density at radius 3 is 2.04 bits per heavy atom. The molecule has 2 aromatic heterocycles. The zero-order valence-corrected chi connectivity index (χ0v) is 29.5. The van der Waals surface area contributed by atoms with Crippen LogP contribution in [0.3, 0.4) is 0 Å². The number of hydrogen-bond acceptors (Lipinski definition) is 15. The van der Waals surface area contributed by atoms with Gasteiger partial charge in [-0.3, -0.25) is 19.7 Å². The second-order valence-corrected chi connectivity index (χ2v) is 16.3. The van der Waals surface area contributed by atoms with Crippen LogP contribution >= 0.6 is 11.6 Å². The fourth-order valence-electron chi connectivity index (χ4n) is 4.22. The van der Waals surface area contributed by atoms with E-state index in [1.165, 1.54) is 45.4 Å². The standard InChI is InChI=1S/C14H13ClO5S.C14H17N5O7S2/c1-21(19,20)8-5-6-9(10(15)7-8)14(18)13-11(16)3-2-4-12(13)17;1-4-27(21,22)9-6-5-7-15-12(9)28(23,24)19-14(20)18-13-16-10(25-2)8-11(17-13)26-3/h5-7,13H,2-4H2,1H3;5-8H,4H2,1-3H3,(H2,16,17,18,19,20). The molecule has 2 N–H and O–H groups in total. The number of halogens is 1. The Labute approximate surface area is 286 Å². The number of aromatic nitrogens is 3. The molecule has 1 aliphatic carbocycles. The number of nitrogens with zero attached hydrogens (tertiary/aromatic N) is 3. The number of carbonyl (C=O) groups is 4. The molecule has 264 valence electrons. The van der Waals surface area contributed by atoms with Crippen LogP contribution in [-0.2, 0) is 39.3 Å². The zero-order chi connectivity index (χ0) is 36.7. The van der Waals surface area contributed by atoms with E-state index < -0.39 is 68.9 Å². The largest absolute Gasteiger partial charge is 0.481 e. The number of carbonyl (C=O) groups excluding carboxylic acids is 4. The maximum Gasteiger partial charge on any atom is 0.335 e. The van der Waals surface area contributed by atoms with E-state index in [9.17, 15) is 44.4 Å². The van der Waals surface area contributed by atoms with Crippen molar-refractivity contribution in [3.8, 4) is 11.8 Å². The molecule has 2 amide bonds. The van der Waals surface area contributed by atoms with Crippen molar-refractivity contribution in [2.75, 3.05) is 31.5 Å². The molecule has 4 rings (SSSR count). The third-order valence-corrected chi connectivity index (χ3v) is 11.2. The summed E-state index contributed by atoms with van der Waals surface area (Å²) in [6.07, 6.45) is 2.97. The molecule has 3 aromatic rings. The molecule has 1 aliphatic rings. The lowest BCUT2D eigenvalue weighted by Gasteiger charge is -2.18. The maximum absolute atomic E-state index is 12.5. The predicted molar refractivity (Wildman–Crippen MR) is 173 cm³/mol. The highest BCUT2D eigenvalue weighted by molar-refractivity contribution is 7.93. The summed E-state index contributed by atoms with van der Waals surface area (Å²) in [7, 11) is -9.29. The van der Waals surface area contributed by atoms with Gasteiger partial charge in [-0.1, -0.05) is 18.5 Å². The molecule has 49 heavy (non-hydrogen) atoms. The number of Topliss-reactive ketones (excluding diaryl/α,β-unsaturated/α-hetero) is 3. The summed E-state index contributed by atoms with van der Waals surface area (Å²) in [4.78, 5) is 58.7. The molecule has 0 radical (unpaired) electrons. The molecule has 0 atom stereocenters. The van der Waals surface area contributed by atoms with Crippen LogP contribution in [0.25, 0.3) is 0 Å². The molecule has 2 heterocycles. The molecule has 0 aliphatic heterocycles. The van der Waals surface area contributed by atoms with Gasteiger partial charge in [0.1, 0.15) is 10.8 Å². The number of methoxy groups -OCH3 is 2. The molecular weight excluding hydrogens is 730 g/mol. The first-order chi connectivity index (χ1) is 22.8. The van der Waals surface area contributed by atoms with Gasteiger partial charge in [-0.2, -0.15) is 18.4 Å². The fourth-order valence-corrected chi connectivity index (χ4v) is 7.75. The SMILES string of the molecule is CCS(=O)(=O)c1cccnc1S(=O)(=O)NC(=O)Nc1nc(OC)cc(OC)n1.CS(=O)(=O)c1ccc(C(=O)C2C(=O)CCCC2=O)c(Cl)c1. The second kappa shape index (κ2) is 15.8. The van der Waals surface area contributed by atoms with Gasteiger partial charge in [0.15, 0.2) is 42.1 Å². The number of ether oxygens (including phenoxy) is 2. The summed E-state index contributed by atoms with van der Waals surface area (Å²) in [6.45, 7) is 1.35. The van der Waals surface area contributed by atoms with E-state index in [2.05, 4.69) is 20.3 Å². The number of sulfone groups is 2. The summed E-state index contributed by atoms with van der Waals surface area (Å²) in [5.74, 6) is -3.29. The van der Waals surface area contributed by atoms with Gasteiger partial charge in [-0.25, -0.2) is 31.3 Å². The molecule has 1 saturated carbocycles. The Balaban J connectivity index is 0.000000276. The van der Waals surface area contributed by atoms with E-state index in [4.69, 9.17) is 21.1 Å². The first-order valence-electron chi connectivity index (χ1n) is 13.9. The van der Waals surface area contributed by atoms with Crippen molar-refractivity contribution < 1.29 is 53.9 Å². The van der Waals surface area contributed by atoms with E-state index in [-0.39, 0.29) is 51.8 Å². The van der Waals surface area contributed by atoms with Gasteiger partial charge in [0.25, 0.3) is 10.0 Å². The van der Waals surface area contributed by atoms with E-state index in [1.807, 2.05) is 0 Å². The van der Waals surface area contributed by atoms with Gasteiger partial charge in [0.05, 0.1) is 36.0 Å². The zero-order valence-electron chi connectivity index (χ0n) is 26.3. The highest BCUT2D eigenvalue weighted by Crippen LogP contribution is 2.27. The van der Waals surface area contributed by atoms with Crippen LogP contribution in [0.2, 0.25) is 5.02 Å². The smallest absolute Gasteiger partial charge is 0.335 e. The Morgan fingerprint density at radius 1 is 0.939 bits per heavy atom. The van der Waals surface area contributed by atoms with Crippen molar-refractivity contribution in [1.82, 2.24) is 19.7 Å². The Kier molecular flexibility index (Phi) is 12.5. The number of rotatable bonds is 10. The van der Waals surface area contributed by atoms with Crippen LogP contribution in [-0.4, -0.2) is 89.8 Å². The quantitative estimate of drug-likeness (QED) is 0.222. The van der Waals surface area contributed by atoms with Crippen LogP contribution in [0.15, 0.2) is 57.4 Å². The van der Waals surface area contributed by atoms with Gasteiger partial charge in [-0.15, -0.1) is 0 Å². The molecule has 0 saturated heterocycles. The third-order valence-electron chi connectivity index (χ3n) is 6.64. The lowest BCUT2D eigenvalue weighted by Crippen LogP contribution is -2.36. The average molecular weight is 760 g/mol. The van der Waals surface area contributed by atoms with Crippen molar-refractivity contribution >= 4 is 70.6 Å². The summed E-state index contributed by atoms with van der Waals surface area (Å²) in [6, 6.07) is 6.12. The normalized spacial score (nSPS) is 13.9. The summed E-state index contributed by atoms with van der Waals surface area (Å²) in [5.41, 5.74) is -0.00216. The molecule has 17 nitrogen and oxygen atoms in total. The van der Waals surface area contributed by atoms with E-state index in [0.29, 0.717) is 6.42 Å². The molecule has 1 aromatic carbocycles. The molecular formula is C28H30ClN5O12S3. The number of nitrogens with one attached hydrogen (secondary N) is 2. The van der Waals surface area contributed by atoms with E-state index in [0.717, 1.165) is 24.6 Å². The third kappa shape index (κ3) is 9.77. The van der Waals surface area contributed by atoms with E-state index >= 15 is 0 Å². The van der Waals surface area contributed by atoms with Crippen molar-refractivity contribution in [3.63, 3.8) is 0 Å². The minimum Gasteiger partial charge on any atom is -0.481 e. The van der Waals surface area contributed by atoms with Gasteiger partial charge in [-0.05, 0) is 36.8 Å². The summed E-state index contributed by atoms with van der Waals surface area (Å²) < 4.78 is 83.5. The average Bonchev–Trinajstić information content (AvgIpc) is 3.03. The maximum atomic E-state index is 12.5. The topological polar surface area (TPSA) is 252 Å². The number of ketones is 3. The van der Waals surface area contributed by atoms with Crippen LogP contribution in [0, 0.1) is 5.92 Å². The minimum atomic E-state index is -4.61. The van der Waals surface area contributed by atoms with Crippen molar-refractivity contribution in [2.24, 2.45) is 5.92 Å². The fraction of sp³-hybridized carbons (Fsp3) is 0.321. The summed E-state index contributed by atoms with van der Waals surface area (Å²) in [5, 5.41) is 1.23. The summed E-state index contributed by atoms with van der Waals surface area (Å²) >= 11 is 5.94. The van der Waals surface area contributed by atoms with Gasteiger partial charge in [0.2, 0.25) is 17.7 Å². The van der Waals surface area contributed by atoms with Crippen molar-refractivity contribution in [3.05, 3.63) is 53.2 Å². The number of benzene rings is 1.